The number of carbonyl (C=O) groups excluding carboxylic acids is 2. The van der Waals surface area contributed by atoms with Gasteiger partial charge in [-0.25, -0.2) is 15.0 Å². The Bertz CT molecular complexity index is 690. The Morgan fingerprint density at radius 2 is 1.92 bits per heavy atom. The van der Waals surface area contributed by atoms with E-state index in [0.29, 0.717) is 5.56 Å². The molecule has 0 radical (unpaired) electrons. The van der Waals surface area contributed by atoms with Crippen LogP contribution in [0.15, 0.2) is 42.7 Å². The van der Waals surface area contributed by atoms with Gasteiger partial charge in [0.25, 0.3) is 5.91 Å². The Hall–Kier alpha value is -2.87. The Labute approximate surface area is 139 Å². The minimum atomic E-state index is -1.09. The van der Waals surface area contributed by atoms with Gasteiger partial charge in [0.1, 0.15) is 11.6 Å². The Morgan fingerprint density at radius 3 is 2.42 bits per heavy atom. The molecule has 0 unspecified atom stereocenters. The largest absolute Gasteiger partial charge is 0.444 e. The predicted molar refractivity (Wildman–Crippen MR) is 85.6 cm³/mol. The van der Waals surface area contributed by atoms with Crippen LogP contribution in [0, 0.1) is 0 Å². The molecule has 2 amide bonds. The van der Waals surface area contributed by atoms with Gasteiger partial charge < -0.3 is 10.1 Å². The molecule has 24 heavy (non-hydrogen) atoms. The minimum absolute atomic E-state index is 0.489. The Kier molecular flexibility index (Phi) is 5.20. The molecule has 1 atom stereocenters. The van der Waals surface area contributed by atoms with Crippen LogP contribution in [-0.4, -0.2) is 32.6 Å². The minimum Gasteiger partial charge on any atom is -0.444 e. The van der Waals surface area contributed by atoms with Crippen LogP contribution in [-0.2, 0) is 9.53 Å². The van der Waals surface area contributed by atoms with E-state index in [2.05, 4.69) is 10.4 Å². The number of rotatable bonds is 4. The maximum atomic E-state index is 11.9. The molecular weight excluding hydrogens is 312 g/mol. The van der Waals surface area contributed by atoms with E-state index in [0.717, 1.165) is 5.69 Å². The van der Waals surface area contributed by atoms with E-state index in [1.165, 1.54) is 0 Å². The van der Waals surface area contributed by atoms with Crippen molar-refractivity contribution in [1.82, 2.24) is 20.6 Å². The summed E-state index contributed by atoms with van der Waals surface area (Å²) in [6.45, 7) is 5.14. The number of hydrogen-bond donors (Lipinski definition) is 3. The van der Waals surface area contributed by atoms with Gasteiger partial charge in [0.05, 0.1) is 5.69 Å². The molecule has 0 aliphatic heterocycles. The standard InChI is InChI=1S/C16H20N4O4/c1-16(2,3)24-15(22)18-13(14(21)19-23)11-5-7-12(8-6-11)20-10-4-9-17-20/h4-10,13,23H,1-3H3,(H,18,22)(H,19,21)/t13-/m0/s1. The summed E-state index contributed by atoms with van der Waals surface area (Å²) >= 11 is 0. The maximum absolute atomic E-state index is 11.9. The van der Waals surface area contributed by atoms with E-state index in [4.69, 9.17) is 9.94 Å². The number of amides is 2. The number of carbonyl (C=O) groups is 2. The summed E-state index contributed by atoms with van der Waals surface area (Å²) in [5.74, 6) is -0.771. The molecule has 1 heterocycles. The van der Waals surface area contributed by atoms with Crippen molar-refractivity contribution in [2.24, 2.45) is 0 Å². The van der Waals surface area contributed by atoms with Crippen LogP contribution in [0.25, 0.3) is 5.69 Å². The number of aromatic nitrogens is 2. The summed E-state index contributed by atoms with van der Waals surface area (Å²) in [6.07, 6.45) is 2.68. The van der Waals surface area contributed by atoms with E-state index in [1.54, 1.807) is 73.7 Å². The summed E-state index contributed by atoms with van der Waals surface area (Å²) in [6, 6.07) is 7.52. The second kappa shape index (κ2) is 7.14. The quantitative estimate of drug-likeness (QED) is 0.586. The highest BCUT2D eigenvalue weighted by atomic mass is 16.6. The average Bonchev–Trinajstić information content (AvgIpc) is 3.05. The van der Waals surface area contributed by atoms with Gasteiger partial charge in [0.2, 0.25) is 0 Å². The highest BCUT2D eigenvalue weighted by Gasteiger charge is 2.25. The fraction of sp³-hybridized carbons (Fsp3) is 0.312. The normalized spacial score (nSPS) is 12.3. The third-order valence-corrected chi connectivity index (χ3v) is 3.03. The van der Waals surface area contributed by atoms with E-state index >= 15 is 0 Å². The molecule has 8 heteroatoms. The highest BCUT2D eigenvalue weighted by Crippen LogP contribution is 2.17. The van der Waals surface area contributed by atoms with Gasteiger partial charge in [-0.3, -0.25) is 10.0 Å². The maximum Gasteiger partial charge on any atom is 0.408 e. The predicted octanol–water partition coefficient (Wildman–Crippen LogP) is 1.94. The average molecular weight is 332 g/mol. The molecule has 0 bridgehead atoms. The van der Waals surface area contributed by atoms with Gasteiger partial charge in [-0.05, 0) is 44.5 Å². The van der Waals surface area contributed by atoms with Crippen LogP contribution in [0.4, 0.5) is 4.79 Å². The molecule has 0 spiro atoms. The van der Waals surface area contributed by atoms with Crippen LogP contribution in [0.5, 0.6) is 0 Å². The lowest BCUT2D eigenvalue weighted by molar-refractivity contribution is -0.131. The number of hydrogen-bond acceptors (Lipinski definition) is 5. The van der Waals surface area contributed by atoms with Crippen molar-refractivity contribution in [3.63, 3.8) is 0 Å². The lowest BCUT2D eigenvalue weighted by Gasteiger charge is -2.23. The number of nitrogens with zero attached hydrogens (tertiary/aromatic N) is 2. The zero-order valence-electron chi connectivity index (χ0n) is 13.7. The summed E-state index contributed by atoms with van der Waals surface area (Å²) in [5, 5.41) is 15.5. The van der Waals surface area contributed by atoms with Crippen molar-refractivity contribution < 1.29 is 19.5 Å². The van der Waals surface area contributed by atoms with Crippen LogP contribution >= 0.6 is 0 Å². The molecule has 3 N–H and O–H groups in total. The van der Waals surface area contributed by atoms with Crippen molar-refractivity contribution in [2.45, 2.75) is 32.4 Å². The van der Waals surface area contributed by atoms with Crippen molar-refractivity contribution in [2.75, 3.05) is 0 Å². The van der Waals surface area contributed by atoms with E-state index in [1.807, 2.05) is 0 Å². The molecule has 2 rings (SSSR count). The van der Waals surface area contributed by atoms with Gasteiger partial charge >= 0.3 is 6.09 Å². The lowest BCUT2D eigenvalue weighted by atomic mass is 10.1. The molecule has 0 saturated heterocycles. The molecule has 128 valence electrons. The molecule has 1 aromatic carbocycles. The van der Waals surface area contributed by atoms with E-state index in [9.17, 15) is 9.59 Å². The smallest absolute Gasteiger partial charge is 0.408 e. The van der Waals surface area contributed by atoms with Crippen LogP contribution in [0.1, 0.15) is 32.4 Å². The third-order valence-electron chi connectivity index (χ3n) is 3.03. The summed E-state index contributed by atoms with van der Waals surface area (Å²) in [7, 11) is 0. The van der Waals surface area contributed by atoms with E-state index in [-0.39, 0.29) is 0 Å². The first-order chi connectivity index (χ1) is 11.3. The number of nitrogens with one attached hydrogen (secondary N) is 2. The first-order valence-electron chi connectivity index (χ1n) is 7.33. The number of benzene rings is 1. The molecule has 0 saturated carbocycles. The molecule has 8 nitrogen and oxygen atoms in total. The zero-order valence-corrected chi connectivity index (χ0v) is 13.7. The highest BCUT2D eigenvalue weighted by molar-refractivity contribution is 5.86. The molecule has 1 aromatic heterocycles. The van der Waals surface area contributed by atoms with Gasteiger partial charge in [-0.2, -0.15) is 5.10 Å². The SMILES string of the molecule is CC(C)(C)OC(=O)N[C@H](C(=O)NO)c1ccc(-n2cccn2)cc1. The van der Waals surface area contributed by atoms with Crippen molar-refractivity contribution >= 4 is 12.0 Å². The molecule has 0 aliphatic carbocycles. The first-order valence-corrected chi connectivity index (χ1v) is 7.33. The first kappa shape index (κ1) is 17.5. The van der Waals surface area contributed by atoms with Gasteiger partial charge in [0.15, 0.2) is 0 Å². The molecule has 0 aliphatic rings. The van der Waals surface area contributed by atoms with E-state index < -0.39 is 23.6 Å². The van der Waals surface area contributed by atoms with Crippen molar-refractivity contribution in [1.29, 1.82) is 0 Å². The van der Waals surface area contributed by atoms with Gasteiger partial charge in [-0.1, -0.05) is 12.1 Å². The van der Waals surface area contributed by atoms with Crippen LogP contribution < -0.4 is 10.8 Å². The number of ether oxygens (including phenoxy) is 1. The summed E-state index contributed by atoms with van der Waals surface area (Å²) in [4.78, 5) is 23.8. The van der Waals surface area contributed by atoms with Gasteiger partial charge in [-0.15, -0.1) is 0 Å². The zero-order chi connectivity index (χ0) is 17.7. The Morgan fingerprint density at radius 1 is 1.25 bits per heavy atom. The lowest BCUT2D eigenvalue weighted by Crippen LogP contribution is -2.41. The van der Waals surface area contributed by atoms with Crippen molar-refractivity contribution in [3.05, 3.63) is 48.3 Å². The topological polar surface area (TPSA) is 105 Å². The summed E-state index contributed by atoms with van der Waals surface area (Å²) in [5.41, 5.74) is 2.13. The molecule has 2 aromatic rings. The third kappa shape index (κ3) is 4.56. The number of alkyl carbamates (subject to hydrolysis) is 1. The van der Waals surface area contributed by atoms with Crippen LogP contribution in [0.3, 0.4) is 0 Å². The second-order valence-corrected chi connectivity index (χ2v) is 6.10. The number of hydroxylamine groups is 1. The van der Waals surface area contributed by atoms with Crippen LogP contribution in [0.2, 0.25) is 0 Å². The monoisotopic (exact) mass is 332 g/mol. The molecule has 0 fully saturated rings. The van der Waals surface area contributed by atoms with Crippen molar-refractivity contribution in [3.8, 4) is 5.69 Å². The summed E-state index contributed by atoms with van der Waals surface area (Å²) < 4.78 is 6.80. The van der Waals surface area contributed by atoms with Gasteiger partial charge in [0, 0.05) is 12.4 Å². The fourth-order valence-corrected chi connectivity index (χ4v) is 2.03. The fourth-order valence-electron chi connectivity index (χ4n) is 2.03. The second-order valence-electron chi connectivity index (χ2n) is 6.10. The Balaban J connectivity index is 2.18. The molecular formula is C16H20N4O4.